The van der Waals surface area contributed by atoms with E-state index < -0.39 is 28.5 Å². The van der Waals surface area contributed by atoms with Gasteiger partial charge in [0.2, 0.25) is 0 Å². The van der Waals surface area contributed by atoms with Gasteiger partial charge in [0.25, 0.3) is 0 Å². The monoisotopic (exact) mass is 1410 g/mol. The minimum absolute atomic E-state index is 0.250. The van der Waals surface area contributed by atoms with Gasteiger partial charge in [0.1, 0.15) is 0 Å². The van der Waals surface area contributed by atoms with Crippen LogP contribution in [0.25, 0.3) is 22.3 Å². The fourth-order valence-electron chi connectivity index (χ4n) is 3.98. The molecule has 0 atom stereocenters. The number of aliphatic hydroxyl groups excluding tert-OH is 2. The highest BCUT2D eigenvalue weighted by Crippen LogP contribution is 2.29. The molecule has 0 heterocycles. The van der Waals surface area contributed by atoms with E-state index in [9.17, 15) is 13.7 Å². The van der Waals surface area contributed by atoms with E-state index in [0.717, 1.165) is 5.88 Å². The van der Waals surface area contributed by atoms with E-state index in [1.165, 1.54) is 29.4 Å². The Morgan fingerprint density at radius 3 is 0.589 bits per heavy atom. The SMILES string of the molecule is CCCl.CCO.CCO.CI.CP(C)(C)=O.CP(C)(C)=O.CP(C)(C)=O.Ic1ccccc1.Ic1ccccc1.OB(O)c1ccccc1.c1ccc(-c2ccccc2)cc1.c1ccc(-c2ccccc2)cc1. The van der Waals surface area contributed by atoms with E-state index in [0.29, 0.717) is 5.46 Å². The number of hydrogen-bond acceptors (Lipinski definition) is 7. The van der Waals surface area contributed by atoms with E-state index in [1.807, 2.05) is 78.6 Å². The summed E-state index contributed by atoms with van der Waals surface area (Å²) in [5, 5.41) is 32.3. The second kappa shape index (κ2) is 54.4. The summed E-state index contributed by atoms with van der Waals surface area (Å²) in [6, 6.07) is 70.7. The molecular formula is C58H84BClI3O7P3. The van der Waals surface area contributed by atoms with Crippen LogP contribution in [0.2, 0.25) is 0 Å². The van der Waals surface area contributed by atoms with E-state index in [-0.39, 0.29) is 13.2 Å². The maximum Gasteiger partial charge on any atom is 0.488 e. The Balaban J connectivity index is -0.000000239. The van der Waals surface area contributed by atoms with E-state index >= 15 is 0 Å². The fraction of sp³-hybridized carbons (Fsp3) is 0.276. The van der Waals surface area contributed by atoms with Crippen molar-refractivity contribution in [1.82, 2.24) is 0 Å². The second-order valence-corrected chi connectivity index (χ2v) is 30.8. The molecule has 7 nitrogen and oxygen atoms in total. The molecule has 0 aliphatic carbocycles. The molecule has 0 bridgehead atoms. The molecule has 0 spiro atoms. The maximum absolute atomic E-state index is 10.2. The summed E-state index contributed by atoms with van der Waals surface area (Å²) in [5.41, 5.74) is 5.63. The molecule has 0 aromatic heterocycles. The van der Waals surface area contributed by atoms with Crippen LogP contribution in [0.5, 0.6) is 0 Å². The third-order valence-corrected chi connectivity index (χ3v) is 7.76. The molecule has 7 aromatic rings. The summed E-state index contributed by atoms with van der Waals surface area (Å²) >= 11 is 11.7. The van der Waals surface area contributed by atoms with Crippen molar-refractivity contribution in [2.24, 2.45) is 0 Å². The highest BCUT2D eigenvalue weighted by atomic mass is 127. The highest BCUT2D eigenvalue weighted by Gasteiger charge is 2.07. The molecular weight excluding hydrogens is 1330 g/mol. The maximum atomic E-state index is 10.2. The van der Waals surface area contributed by atoms with E-state index in [4.69, 9.17) is 31.9 Å². The Morgan fingerprint density at radius 2 is 0.493 bits per heavy atom. The normalized spacial score (nSPS) is 9.22. The predicted molar refractivity (Wildman–Crippen MR) is 356 cm³/mol. The summed E-state index contributed by atoms with van der Waals surface area (Å²) in [4.78, 5) is 1.97. The quantitative estimate of drug-likeness (QED) is 0.0599. The van der Waals surface area contributed by atoms with Crippen molar-refractivity contribution < 1.29 is 34.0 Å². The Hall–Kier alpha value is -2.39. The molecule has 0 amide bonds. The topological polar surface area (TPSA) is 132 Å². The third kappa shape index (κ3) is 73.9. The lowest BCUT2D eigenvalue weighted by Gasteiger charge is -1.98. The van der Waals surface area contributed by atoms with Crippen LogP contribution in [-0.2, 0) is 13.7 Å². The predicted octanol–water partition coefficient (Wildman–Crippen LogP) is 16.7. The van der Waals surface area contributed by atoms with Gasteiger partial charge in [0.15, 0.2) is 0 Å². The van der Waals surface area contributed by atoms with Crippen LogP contribution in [0.15, 0.2) is 212 Å². The first-order valence-corrected chi connectivity index (χ1v) is 37.0. The van der Waals surface area contributed by atoms with Gasteiger partial charge in [0, 0.05) is 26.2 Å². The van der Waals surface area contributed by atoms with Crippen molar-refractivity contribution >= 4 is 113 Å². The first kappa shape index (κ1) is 79.5. The zero-order valence-electron chi connectivity index (χ0n) is 45.3. The van der Waals surface area contributed by atoms with Crippen LogP contribution in [-0.4, -0.2) is 111 Å². The lowest BCUT2D eigenvalue weighted by atomic mass is 9.81. The molecule has 4 N–H and O–H groups in total. The number of halogens is 4. The molecule has 0 fully saturated rings. The van der Waals surface area contributed by atoms with Crippen LogP contribution in [0, 0.1) is 7.14 Å². The van der Waals surface area contributed by atoms with Crippen molar-refractivity contribution in [3.8, 4) is 22.3 Å². The van der Waals surface area contributed by atoms with Gasteiger partial charge in [-0.05, 0) is 176 Å². The second-order valence-electron chi connectivity index (χ2n) is 16.4. The number of rotatable bonds is 3. The summed E-state index contributed by atoms with van der Waals surface area (Å²) in [7, 11) is -6.26. The van der Waals surface area contributed by atoms with Gasteiger partial charge in [0.05, 0.1) is 21.4 Å². The average molecular weight is 1410 g/mol. The molecule has 0 unspecified atom stereocenters. The summed E-state index contributed by atoms with van der Waals surface area (Å²) in [6.07, 6.45) is 0. The lowest BCUT2D eigenvalue weighted by molar-refractivity contribution is 0.318. The van der Waals surface area contributed by atoms with Gasteiger partial charge in [-0.2, -0.15) is 0 Å². The first-order valence-electron chi connectivity index (χ1n) is 23.0. The Labute approximate surface area is 489 Å². The van der Waals surface area contributed by atoms with Gasteiger partial charge in [-0.3, -0.25) is 0 Å². The molecule has 15 heteroatoms. The highest BCUT2D eigenvalue weighted by molar-refractivity contribution is 14.1. The molecule has 0 radical (unpaired) electrons. The number of aliphatic hydroxyl groups is 2. The Morgan fingerprint density at radius 1 is 0.370 bits per heavy atom. The fourth-order valence-corrected chi connectivity index (χ4v) is 4.81. The third-order valence-electron chi connectivity index (χ3n) is 6.33. The van der Waals surface area contributed by atoms with Crippen LogP contribution >= 0.6 is 101 Å². The van der Waals surface area contributed by atoms with Crippen LogP contribution in [0.1, 0.15) is 20.8 Å². The molecule has 0 saturated heterocycles. The molecule has 404 valence electrons. The first-order chi connectivity index (χ1) is 34.3. The zero-order chi connectivity index (χ0) is 57.0. The summed E-state index contributed by atoms with van der Waals surface area (Å²) in [5.74, 6) is 0.722. The number of hydrogen-bond donors (Lipinski definition) is 4. The molecule has 73 heavy (non-hydrogen) atoms. The number of benzene rings is 7. The van der Waals surface area contributed by atoms with Crippen LogP contribution in [0.4, 0.5) is 0 Å². The smallest absolute Gasteiger partial charge is 0.423 e. The standard InChI is InChI=1S/2C12H10.C6H7BO2.2C6H5I.3C3H9OP.C2H5Cl.2C2H6O.CH3I/c2*1-3-7-11(8-4-1)12-9-5-2-6-10-12;8-7(9)6-4-2-1-3-5-6;2*7-6-4-2-1-3-5-6;3*1-5(2,3)4;3*1-2-3;1-2/h2*1-10H;1-5,8-9H;2*1-5H;3*1-3H3;2H2,1H3;2*3H,2H2,1H3;1H3. The minimum atomic E-state index is -1.64. The Kier molecular flexibility index (Phi) is 59.2. The minimum Gasteiger partial charge on any atom is -0.423 e. The molecule has 0 saturated carbocycles. The van der Waals surface area contributed by atoms with E-state index in [1.54, 1.807) is 98.1 Å². The van der Waals surface area contributed by atoms with Crippen LogP contribution in [0.3, 0.4) is 0 Å². The Bertz CT molecular complexity index is 2050. The van der Waals surface area contributed by atoms with Crippen molar-refractivity contribution in [2.75, 3.05) is 84.0 Å². The van der Waals surface area contributed by atoms with Gasteiger partial charge in [-0.1, -0.05) is 218 Å². The van der Waals surface area contributed by atoms with Crippen molar-refractivity contribution in [2.45, 2.75) is 20.8 Å². The van der Waals surface area contributed by atoms with Gasteiger partial charge in [-0.25, -0.2) is 0 Å². The largest absolute Gasteiger partial charge is 0.488 e. The van der Waals surface area contributed by atoms with Gasteiger partial charge < -0.3 is 34.0 Å². The molecule has 0 aliphatic rings. The average Bonchev–Trinajstić information content (AvgIpc) is 3.34. The molecule has 0 aliphatic heterocycles. The van der Waals surface area contributed by atoms with Gasteiger partial charge >= 0.3 is 7.12 Å². The molecule has 7 rings (SSSR count). The van der Waals surface area contributed by atoms with Gasteiger partial charge in [-0.15, -0.1) is 11.6 Å². The summed E-state index contributed by atoms with van der Waals surface area (Å²) in [6.45, 7) is 21.4. The van der Waals surface area contributed by atoms with Crippen molar-refractivity contribution in [1.29, 1.82) is 0 Å². The summed E-state index contributed by atoms with van der Waals surface area (Å²) < 4.78 is 33.2. The van der Waals surface area contributed by atoms with E-state index in [2.05, 4.69) is 189 Å². The van der Waals surface area contributed by atoms with Crippen molar-refractivity contribution in [3.63, 3.8) is 0 Å². The zero-order valence-corrected chi connectivity index (χ0v) is 55.2. The lowest BCUT2D eigenvalue weighted by Crippen LogP contribution is -2.29. The molecule has 7 aromatic carbocycles. The van der Waals surface area contributed by atoms with Crippen molar-refractivity contribution in [3.05, 3.63) is 219 Å². The number of alkyl halides is 2. The van der Waals surface area contributed by atoms with Crippen LogP contribution < -0.4 is 5.46 Å².